The molecule has 2 rings (SSSR count). The number of nitrogens with zero attached hydrogens (tertiary/aromatic N) is 2. The average molecular weight is 296 g/mol. The molecule has 110 valence electrons. The maximum atomic E-state index is 11.2. The van der Waals surface area contributed by atoms with Gasteiger partial charge < -0.3 is 5.73 Å². The van der Waals surface area contributed by atoms with Crippen LogP contribution in [0.3, 0.4) is 0 Å². The Morgan fingerprint density at radius 2 is 1.70 bits per heavy atom. The third-order valence-electron chi connectivity index (χ3n) is 4.21. The van der Waals surface area contributed by atoms with Gasteiger partial charge >= 0.3 is 0 Å². The van der Waals surface area contributed by atoms with Crippen LogP contribution >= 0.6 is 11.6 Å². The van der Waals surface area contributed by atoms with Crippen LogP contribution in [0.1, 0.15) is 25.5 Å². The molecule has 0 aliphatic carbocycles. The van der Waals surface area contributed by atoms with Crippen LogP contribution in [0.5, 0.6) is 0 Å². The molecule has 1 aromatic rings. The number of piperazine rings is 1. The highest BCUT2D eigenvalue weighted by atomic mass is 35.5. The number of halogens is 1. The van der Waals surface area contributed by atoms with Gasteiger partial charge in [-0.15, -0.1) is 0 Å². The van der Waals surface area contributed by atoms with Gasteiger partial charge in [-0.05, 0) is 25.5 Å². The van der Waals surface area contributed by atoms with Gasteiger partial charge in [0.15, 0.2) is 0 Å². The molecule has 20 heavy (non-hydrogen) atoms. The van der Waals surface area contributed by atoms with Crippen LogP contribution in [0.2, 0.25) is 5.02 Å². The highest BCUT2D eigenvalue weighted by Gasteiger charge is 2.27. The van der Waals surface area contributed by atoms with E-state index in [0.29, 0.717) is 0 Å². The Bertz CT molecular complexity index is 472. The molecule has 1 fully saturated rings. The third-order valence-corrected chi connectivity index (χ3v) is 4.56. The highest BCUT2D eigenvalue weighted by molar-refractivity contribution is 6.31. The second-order valence-electron chi connectivity index (χ2n) is 5.35. The van der Waals surface area contributed by atoms with Crippen molar-refractivity contribution in [2.45, 2.75) is 25.9 Å². The predicted molar refractivity (Wildman–Crippen MR) is 81.7 cm³/mol. The quantitative estimate of drug-likeness (QED) is 0.923. The van der Waals surface area contributed by atoms with Gasteiger partial charge in [-0.3, -0.25) is 14.6 Å². The normalized spacial score (nSPS) is 20.6. The Balaban J connectivity index is 1.97. The molecule has 1 aliphatic heterocycles. The van der Waals surface area contributed by atoms with E-state index in [2.05, 4.69) is 22.8 Å². The second kappa shape index (κ2) is 6.57. The molecular formula is C15H22ClN3O. The van der Waals surface area contributed by atoms with Crippen molar-refractivity contribution in [3.63, 3.8) is 0 Å². The Morgan fingerprint density at radius 3 is 2.25 bits per heavy atom. The monoisotopic (exact) mass is 295 g/mol. The van der Waals surface area contributed by atoms with Gasteiger partial charge in [0.25, 0.3) is 0 Å². The first-order valence-electron chi connectivity index (χ1n) is 7.02. The summed E-state index contributed by atoms with van der Waals surface area (Å²) < 4.78 is 0. The van der Waals surface area contributed by atoms with Crippen molar-refractivity contribution < 1.29 is 4.79 Å². The van der Waals surface area contributed by atoms with E-state index in [1.807, 2.05) is 25.1 Å². The number of carbonyl (C=O) groups excluding carboxylic acids is 1. The van der Waals surface area contributed by atoms with Crippen LogP contribution in [-0.2, 0) is 4.79 Å². The molecule has 0 aromatic heterocycles. The summed E-state index contributed by atoms with van der Waals surface area (Å²) in [5.74, 6) is -0.252. The molecule has 2 atom stereocenters. The fraction of sp³-hybridized carbons (Fsp3) is 0.533. The minimum absolute atomic E-state index is 0.187. The van der Waals surface area contributed by atoms with Crippen LogP contribution in [0.25, 0.3) is 0 Å². The van der Waals surface area contributed by atoms with Crippen LogP contribution in [-0.4, -0.2) is 47.9 Å². The number of primary amides is 1. The Labute approximate surface area is 125 Å². The first-order chi connectivity index (χ1) is 9.50. The molecule has 1 saturated heterocycles. The van der Waals surface area contributed by atoms with E-state index in [1.54, 1.807) is 0 Å². The summed E-state index contributed by atoms with van der Waals surface area (Å²) in [4.78, 5) is 15.8. The molecule has 1 heterocycles. The second-order valence-corrected chi connectivity index (χ2v) is 5.75. The van der Waals surface area contributed by atoms with Gasteiger partial charge in [-0.2, -0.15) is 0 Å². The lowest BCUT2D eigenvalue weighted by Crippen LogP contribution is -2.53. The lowest BCUT2D eigenvalue weighted by Gasteiger charge is -2.40. The van der Waals surface area contributed by atoms with Crippen molar-refractivity contribution in [3.05, 3.63) is 34.9 Å². The van der Waals surface area contributed by atoms with Crippen molar-refractivity contribution in [2.75, 3.05) is 26.2 Å². The summed E-state index contributed by atoms with van der Waals surface area (Å²) in [6.45, 7) is 7.61. The first-order valence-corrected chi connectivity index (χ1v) is 7.40. The summed E-state index contributed by atoms with van der Waals surface area (Å²) in [6, 6.07) is 8.07. The maximum absolute atomic E-state index is 11.2. The topological polar surface area (TPSA) is 49.6 Å². The molecule has 4 nitrogen and oxygen atoms in total. The Kier molecular flexibility index (Phi) is 5.02. The maximum Gasteiger partial charge on any atom is 0.234 e. The fourth-order valence-corrected chi connectivity index (χ4v) is 3.00. The molecular weight excluding hydrogens is 274 g/mol. The zero-order valence-electron chi connectivity index (χ0n) is 12.1. The molecule has 2 N–H and O–H groups in total. The molecule has 0 radical (unpaired) electrons. The average Bonchev–Trinajstić information content (AvgIpc) is 2.46. The number of hydrogen-bond acceptors (Lipinski definition) is 3. The zero-order chi connectivity index (χ0) is 14.7. The highest BCUT2D eigenvalue weighted by Crippen LogP contribution is 2.27. The van der Waals surface area contributed by atoms with E-state index in [-0.39, 0.29) is 18.0 Å². The molecule has 0 bridgehead atoms. The number of rotatable bonds is 4. The van der Waals surface area contributed by atoms with E-state index in [4.69, 9.17) is 17.3 Å². The minimum Gasteiger partial charge on any atom is -0.368 e. The van der Waals surface area contributed by atoms with E-state index in [9.17, 15) is 4.79 Å². The molecule has 0 spiro atoms. The molecule has 0 saturated carbocycles. The van der Waals surface area contributed by atoms with Gasteiger partial charge in [-0.1, -0.05) is 29.8 Å². The van der Waals surface area contributed by atoms with Gasteiger partial charge in [0.1, 0.15) is 0 Å². The summed E-state index contributed by atoms with van der Waals surface area (Å²) >= 11 is 6.26. The van der Waals surface area contributed by atoms with E-state index in [1.165, 1.54) is 0 Å². The zero-order valence-corrected chi connectivity index (χ0v) is 12.8. The van der Waals surface area contributed by atoms with Gasteiger partial charge in [-0.25, -0.2) is 0 Å². The predicted octanol–water partition coefficient (Wildman–Crippen LogP) is 1.89. The summed E-state index contributed by atoms with van der Waals surface area (Å²) in [5, 5.41) is 0.813. The number of hydrogen-bond donors (Lipinski definition) is 1. The van der Waals surface area contributed by atoms with Gasteiger partial charge in [0.2, 0.25) is 5.91 Å². The summed E-state index contributed by atoms with van der Waals surface area (Å²) in [6.07, 6.45) is 0. The standard InChI is InChI=1S/C15H22ClN3O/c1-11(13-5-3-4-6-14(13)16)18-7-9-19(10-8-18)12(2)15(17)20/h3-6,11-12H,7-10H2,1-2H3,(H2,17,20)/t11-,12-/m0/s1. The van der Waals surface area contributed by atoms with Crippen molar-refractivity contribution in [3.8, 4) is 0 Å². The lowest BCUT2D eigenvalue weighted by atomic mass is 10.1. The van der Waals surface area contributed by atoms with Gasteiger partial charge in [0.05, 0.1) is 6.04 Å². The fourth-order valence-electron chi connectivity index (χ4n) is 2.70. The smallest absolute Gasteiger partial charge is 0.234 e. The lowest BCUT2D eigenvalue weighted by molar-refractivity contribution is -0.123. The van der Waals surface area contributed by atoms with E-state index < -0.39 is 0 Å². The molecule has 1 aromatic carbocycles. The van der Waals surface area contributed by atoms with Crippen molar-refractivity contribution in [2.24, 2.45) is 5.73 Å². The molecule has 0 unspecified atom stereocenters. The van der Waals surface area contributed by atoms with Gasteiger partial charge in [0, 0.05) is 37.2 Å². The minimum atomic E-state index is -0.252. The van der Waals surface area contributed by atoms with Crippen molar-refractivity contribution >= 4 is 17.5 Å². The first kappa shape index (κ1) is 15.3. The van der Waals surface area contributed by atoms with E-state index >= 15 is 0 Å². The third kappa shape index (κ3) is 3.32. The molecule has 1 aliphatic rings. The Morgan fingerprint density at radius 1 is 1.15 bits per heavy atom. The number of amides is 1. The summed E-state index contributed by atoms with van der Waals surface area (Å²) in [5.41, 5.74) is 6.52. The van der Waals surface area contributed by atoms with Crippen LogP contribution < -0.4 is 5.73 Å². The van der Waals surface area contributed by atoms with Crippen molar-refractivity contribution in [1.29, 1.82) is 0 Å². The summed E-state index contributed by atoms with van der Waals surface area (Å²) in [7, 11) is 0. The SMILES string of the molecule is C[C@@H](C(N)=O)N1CCN([C@@H](C)c2ccccc2Cl)CC1. The molecule has 5 heteroatoms. The van der Waals surface area contributed by atoms with Crippen LogP contribution in [0.4, 0.5) is 0 Å². The largest absolute Gasteiger partial charge is 0.368 e. The number of nitrogens with two attached hydrogens (primary N) is 1. The number of benzene rings is 1. The number of carbonyl (C=O) groups is 1. The van der Waals surface area contributed by atoms with E-state index in [0.717, 1.165) is 36.8 Å². The van der Waals surface area contributed by atoms with Crippen molar-refractivity contribution in [1.82, 2.24) is 9.80 Å². The molecule has 1 amide bonds. The van der Waals surface area contributed by atoms with Crippen LogP contribution in [0.15, 0.2) is 24.3 Å². The Hall–Kier alpha value is -1.10. The van der Waals surface area contributed by atoms with Crippen LogP contribution in [0, 0.1) is 0 Å².